The summed E-state index contributed by atoms with van der Waals surface area (Å²) in [4.78, 5) is 0. The first-order valence-corrected chi connectivity index (χ1v) is 16.6. The molecular weight excluding hydrogens is 530 g/mol. The zero-order chi connectivity index (χ0) is 32.7. The number of hydrogen-bond acceptors (Lipinski definition) is 2. The van der Waals surface area contributed by atoms with Gasteiger partial charge < -0.3 is 9.47 Å². The summed E-state index contributed by atoms with van der Waals surface area (Å²) in [7, 11) is 3.48. The topological polar surface area (TPSA) is 18.5 Å². The Bertz CT molecular complexity index is 1140. The molecule has 1 aliphatic heterocycles. The normalized spacial score (nSPS) is 21.1. The van der Waals surface area contributed by atoms with E-state index in [9.17, 15) is 4.39 Å². The average Bonchev–Trinajstić information content (AvgIpc) is 2.98. The van der Waals surface area contributed by atoms with Crippen LogP contribution >= 0.6 is 0 Å². The summed E-state index contributed by atoms with van der Waals surface area (Å²) >= 11 is 0. The molecule has 2 aliphatic rings. The predicted molar refractivity (Wildman–Crippen MR) is 189 cm³/mol. The molecule has 0 radical (unpaired) electrons. The average molecular weight is 593 g/mol. The maximum atomic E-state index is 13.3. The molecule has 0 bridgehead atoms. The third-order valence-corrected chi connectivity index (χ3v) is 9.27. The Morgan fingerprint density at radius 2 is 1.72 bits per heavy atom. The smallest absolute Gasteiger partial charge is 0.176 e. The lowest BCUT2D eigenvalue weighted by Crippen LogP contribution is -2.24. The number of ether oxygens (including phenoxy) is 2. The van der Waals surface area contributed by atoms with E-state index in [1.54, 1.807) is 14.2 Å². The second-order valence-electron chi connectivity index (χ2n) is 12.6. The van der Waals surface area contributed by atoms with Gasteiger partial charge in [0.2, 0.25) is 0 Å². The third-order valence-electron chi connectivity index (χ3n) is 9.27. The molecule has 0 spiro atoms. The van der Waals surface area contributed by atoms with Gasteiger partial charge in [-0.05, 0) is 106 Å². The summed E-state index contributed by atoms with van der Waals surface area (Å²) in [6.07, 6.45) is 19.2. The lowest BCUT2D eigenvalue weighted by Gasteiger charge is -2.31. The monoisotopic (exact) mass is 592 g/mol. The molecule has 2 rings (SSSR count). The van der Waals surface area contributed by atoms with Crippen LogP contribution in [0.1, 0.15) is 114 Å². The van der Waals surface area contributed by atoms with Gasteiger partial charge in [0, 0.05) is 5.57 Å². The summed E-state index contributed by atoms with van der Waals surface area (Å²) in [6, 6.07) is 0. The molecule has 0 aromatic carbocycles. The summed E-state index contributed by atoms with van der Waals surface area (Å²) in [5.74, 6) is 5.05. The minimum Gasteiger partial charge on any atom is -0.501 e. The van der Waals surface area contributed by atoms with E-state index in [1.807, 2.05) is 13.8 Å². The van der Waals surface area contributed by atoms with Crippen LogP contribution in [0.25, 0.3) is 0 Å². The van der Waals surface area contributed by atoms with E-state index in [4.69, 9.17) is 9.47 Å². The van der Waals surface area contributed by atoms with Crippen molar-refractivity contribution < 1.29 is 13.9 Å². The first-order chi connectivity index (χ1) is 20.3. The molecule has 1 heterocycles. The van der Waals surface area contributed by atoms with Crippen LogP contribution in [-0.2, 0) is 9.47 Å². The molecular formula is C39H62BFO2. The standard InChI is InChI=1S/C31H47BO2.C8H15F/c1-13-22(6)18-28(26(15-3)16-17-29(34-12)23(7)14-2)31-24(8)19-27(20-32(31)10)30(21(4)5)25(9)33-11;1-2-8(9)6-4-3-5-7-8/h15-20,22,31H,4,13-14H2,1-3,5-12H3;2-7H2,1H3/b17-16-,26-15+,28-18-,29-23+,30-25+;. The third kappa shape index (κ3) is 11.5. The van der Waals surface area contributed by atoms with Crippen LogP contribution in [0.4, 0.5) is 4.39 Å². The zero-order valence-electron chi connectivity index (χ0n) is 29.8. The van der Waals surface area contributed by atoms with Crippen molar-refractivity contribution in [1.82, 2.24) is 0 Å². The van der Waals surface area contributed by atoms with Crippen LogP contribution in [0.5, 0.6) is 0 Å². The van der Waals surface area contributed by atoms with Gasteiger partial charge in [-0.1, -0.05) is 96.7 Å². The molecule has 2 unspecified atom stereocenters. The molecule has 4 heteroatoms. The van der Waals surface area contributed by atoms with Crippen molar-refractivity contribution in [2.75, 3.05) is 14.2 Å². The molecule has 2 atom stereocenters. The summed E-state index contributed by atoms with van der Waals surface area (Å²) in [5.41, 5.74) is 7.82. The Labute approximate surface area is 265 Å². The van der Waals surface area contributed by atoms with Crippen molar-refractivity contribution in [3.8, 4) is 0 Å². The molecule has 0 aromatic heterocycles. The van der Waals surface area contributed by atoms with E-state index >= 15 is 0 Å². The fraction of sp³-hybridized carbons (Fsp3) is 0.590. The van der Waals surface area contributed by atoms with Gasteiger partial charge in [0.25, 0.3) is 0 Å². The van der Waals surface area contributed by atoms with Gasteiger partial charge in [-0.3, -0.25) is 0 Å². The van der Waals surface area contributed by atoms with Gasteiger partial charge in [-0.25, -0.2) is 4.39 Å². The lowest BCUT2D eigenvalue weighted by atomic mass is 9.37. The maximum absolute atomic E-state index is 13.3. The van der Waals surface area contributed by atoms with Gasteiger partial charge >= 0.3 is 0 Å². The summed E-state index contributed by atoms with van der Waals surface area (Å²) in [5, 5.41) is 0. The largest absolute Gasteiger partial charge is 0.501 e. The number of alkyl halides is 1. The highest BCUT2D eigenvalue weighted by molar-refractivity contribution is 6.66. The fourth-order valence-electron chi connectivity index (χ4n) is 6.14. The van der Waals surface area contributed by atoms with E-state index in [0.717, 1.165) is 61.2 Å². The van der Waals surface area contributed by atoms with Gasteiger partial charge in [0.1, 0.15) is 17.2 Å². The molecule has 0 N–H and O–H groups in total. The van der Waals surface area contributed by atoms with Crippen LogP contribution in [-0.4, -0.2) is 26.6 Å². The molecule has 1 fully saturated rings. The number of methoxy groups -OCH3 is 2. The van der Waals surface area contributed by atoms with E-state index in [2.05, 4.69) is 98.2 Å². The predicted octanol–water partition coefficient (Wildman–Crippen LogP) is 12.3. The van der Waals surface area contributed by atoms with E-state index < -0.39 is 5.67 Å². The van der Waals surface area contributed by atoms with Gasteiger partial charge in [0.15, 0.2) is 6.71 Å². The van der Waals surface area contributed by atoms with Gasteiger partial charge in [-0.2, -0.15) is 0 Å². The minimum atomic E-state index is -0.780. The second-order valence-corrected chi connectivity index (χ2v) is 12.6. The van der Waals surface area contributed by atoms with Crippen molar-refractivity contribution in [3.63, 3.8) is 0 Å². The van der Waals surface area contributed by atoms with Gasteiger partial charge in [0.05, 0.1) is 14.2 Å². The van der Waals surface area contributed by atoms with Crippen molar-refractivity contribution in [1.29, 1.82) is 0 Å². The quantitative estimate of drug-likeness (QED) is 0.127. The Kier molecular flexibility index (Phi) is 17.0. The molecule has 240 valence electrons. The Hall–Kier alpha value is -2.49. The van der Waals surface area contributed by atoms with E-state index in [-0.39, 0.29) is 0 Å². The molecule has 0 saturated heterocycles. The highest BCUT2D eigenvalue weighted by Crippen LogP contribution is 2.42. The van der Waals surface area contributed by atoms with Crippen LogP contribution < -0.4 is 0 Å². The first kappa shape index (κ1) is 38.5. The molecule has 1 aliphatic carbocycles. The maximum Gasteiger partial charge on any atom is 0.176 e. The van der Waals surface area contributed by atoms with Crippen molar-refractivity contribution in [2.24, 2.45) is 5.92 Å². The molecule has 2 nitrogen and oxygen atoms in total. The SMILES string of the molecule is C=C(C)/C(C1=CB(C)C(C(=C\C(C)CC)/C(/C=C\C(OC)=C(\C)CC)=C/C)C(C)=C1)=C(/C)OC.CCC1(F)CCCCC1. The number of rotatable bonds is 12. The number of hydrogen-bond donors (Lipinski definition) is 0. The fourth-order valence-corrected chi connectivity index (χ4v) is 6.14. The summed E-state index contributed by atoms with van der Waals surface area (Å²) < 4.78 is 24.6. The molecule has 43 heavy (non-hydrogen) atoms. The van der Waals surface area contributed by atoms with E-state index in [1.165, 1.54) is 34.3 Å². The highest BCUT2D eigenvalue weighted by atomic mass is 19.1. The minimum absolute atomic E-state index is 0.310. The summed E-state index contributed by atoms with van der Waals surface area (Å²) in [6.45, 7) is 26.1. The van der Waals surface area contributed by atoms with Gasteiger partial charge in [-0.15, -0.1) is 5.98 Å². The van der Waals surface area contributed by atoms with Crippen molar-refractivity contribution in [3.05, 3.63) is 93.5 Å². The zero-order valence-corrected chi connectivity index (χ0v) is 29.8. The van der Waals surface area contributed by atoms with Crippen LogP contribution in [0.15, 0.2) is 93.5 Å². The molecule has 0 amide bonds. The van der Waals surface area contributed by atoms with E-state index in [0.29, 0.717) is 24.9 Å². The van der Waals surface area contributed by atoms with Crippen LogP contribution in [0.3, 0.4) is 0 Å². The lowest BCUT2D eigenvalue weighted by molar-refractivity contribution is 0.102. The van der Waals surface area contributed by atoms with Crippen molar-refractivity contribution >= 4 is 6.71 Å². The number of allylic oxidation sites excluding steroid dienone is 13. The highest BCUT2D eigenvalue weighted by Gasteiger charge is 2.31. The van der Waals surface area contributed by atoms with Crippen LogP contribution in [0, 0.1) is 5.92 Å². The van der Waals surface area contributed by atoms with Crippen LogP contribution in [0.2, 0.25) is 12.6 Å². The molecule has 0 aromatic rings. The second kappa shape index (κ2) is 19.0. The van der Waals surface area contributed by atoms with Crippen molar-refractivity contribution in [2.45, 2.75) is 132 Å². The Balaban J connectivity index is 0.000000869. The Morgan fingerprint density at radius 3 is 2.14 bits per heavy atom. The first-order valence-electron chi connectivity index (χ1n) is 16.6. The Morgan fingerprint density at radius 1 is 1.09 bits per heavy atom. The number of halogens is 1. The molecule has 1 saturated carbocycles.